The van der Waals surface area contributed by atoms with E-state index in [9.17, 15) is 9.59 Å². The van der Waals surface area contributed by atoms with Crippen molar-refractivity contribution in [1.82, 2.24) is 4.90 Å². The number of hydrogen-bond donors (Lipinski definition) is 2. The van der Waals surface area contributed by atoms with Crippen LogP contribution in [0.5, 0.6) is 5.75 Å². The van der Waals surface area contributed by atoms with E-state index in [1.165, 1.54) is 37.2 Å². The number of ether oxygens (including phenoxy) is 2. The highest BCUT2D eigenvalue weighted by Crippen LogP contribution is 2.24. The second-order valence-corrected chi connectivity index (χ2v) is 8.07. The maximum atomic E-state index is 11.7. The zero-order valence-corrected chi connectivity index (χ0v) is 17.7. The Hall–Kier alpha value is -2.16. The first-order valence-corrected chi connectivity index (χ1v) is 10.9. The zero-order valence-electron chi connectivity index (χ0n) is 16.9. The van der Waals surface area contributed by atoms with E-state index < -0.39 is 10.9 Å². The second kappa shape index (κ2) is 11.1. The van der Waals surface area contributed by atoms with Gasteiger partial charge in [-0.15, -0.1) is 11.3 Å². The molecule has 0 aliphatic carbocycles. The largest absolute Gasteiger partial charge is 0.489 e. The molecule has 0 bridgehead atoms. The summed E-state index contributed by atoms with van der Waals surface area (Å²) >= 11 is 1.74. The summed E-state index contributed by atoms with van der Waals surface area (Å²) < 4.78 is 10.7. The number of likely N-dealkylation sites (tertiary alicyclic amines) is 1. The average molecular weight is 420 g/mol. The predicted octanol–water partition coefficient (Wildman–Crippen LogP) is 2.44. The van der Waals surface area contributed by atoms with Crippen LogP contribution in [0, 0.1) is 0 Å². The molecule has 0 amide bonds. The number of nitrogens with one attached hydrogen (secondary N) is 2. The number of hydrogen-bond acceptors (Lipinski definition) is 8. The Morgan fingerprint density at radius 1 is 1.10 bits per heavy atom. The summed E-state index contributed by atoms with van der Waals surface area (Å²) in [6.07, 6.45) is 7.74. The molecule has 0 radical (unpaired) electrons. The fraction of sp³-hybridized carbons (Fsp3) is 0.524. The van der Waals surface area contributed by atoms with Crippen molar-refractivity contribution in [3.05, 3.63) is 48.9 Å². The molecule has 1 saturated heterocycles. The van der Waals surface area contributed by atoms with Crippen LogP contribution in [-0.4, -0.2) is 51.4 Å². The SMILES string of the molecule is COCCNc1c(NC/C=C\COc2csc(CN3CCCCC3)c2)c(=O)c1=O. The summed E-state index contributed by atoms with van der Waals surface area (Å²) in [5.41, 5.74) is -0.268. The van der Waals surface area contributed by atoms with Crippen molar-refractivity contribution in [2.75, 3.05) is 57.1 Å². The van der Waals surface area contributed by atoms with Crippen LogP contribution in [0.15, 0.2) is 33.2 Å². The summed E-state index contributed by atoms with van der Waals surface area (Å²) in [4.78, 5) is 27.1. The van der Waals surface area contributed by atoms with Gasteiger partial charge < -0.3 is 20.1 Å². The zero-order chi connectivity index (χ0) is 20.5. The fourth-order valence-corrected chi connectivity index (χ4v) is 4.17. The van der Waals surface area contributed by atoms with Gasteiger partial charge in [-0.1, -0.05) is 12.5 Å². The van der Waals surface area contributed by atoms with E-state index in [1.54, 1.807) is 18.4 Å². The summed E-state index contributed by atoms with van der Waals surface area (Å²) in [6, 6.07) is 2.12. The first-order valence-electron chi connectivity index (χ1n) is 10.1. The second-order valence-electron chi connectivity index (χ2n) is 7.08. The number of piperidine rings is 1. The van der Waals surface area contributed by atoms with E-state index in [2.05, 4.69) is 21.6 Å². The van der Waals surface area contributed by atoms with Gasteiger partial charge in [0.25, 0.3) is 10.9 Å². The third kappa shape index (κ3) is 6.16. The monoisotopic (exact) mass is 419 g/mol. The summed E-state index contributed by atoms with van der Waals surface area (Å²) in [5.74, 6) is 0.895. The summed E-state index contributed by atoms with van der Waals surface area (Å²) in [5, 5.41) is 7.96. The van der Waals surface area contributed by atoms with Gasteiger partial charge in [0.1, 0.15) is 23.7 Å². The molecule has 1 fully saturated rings. The Kier molecular flexibility index (Phi) is 8.27. The Bertz CT molecular complexity index is 864. The third-order valence-corrected chi connectivity index (χ3v) is 5.79. The van der Waals surface area contributed by atoms with Crippen molar-refractivity contribution in [3.63, 3.8) is 0 Å². The lowest BCUT2D eigenvalue weighted by atomic mass is 10.1. The van der Waals surface area contributed by atoms with Crippen LogP contribution in [-0.2, 0) is 11.3 Å². The van der Waals surface area contributed by atoms with Crippen LogP contribution in [0.4, 0.5) is 11.4 Å². The number of rotatable bonds is 12. The van der Waals surface area contributed by atoms with Crippen molar-refractivity contribution in [2.45, 2.75) is 25.8 Å². The lowest BCUT2D eigenvalue weighted by Crippen LogP contribution is -2.38. The minimum atomic E-state index is -0.478. The maximum absolute atomic E-state index is 11.7. The Morgan fingerprint density at radius 2 is 1.86 bits per heavy atom. The molecular formula is C21H29N3O4S. The molecule has 0 atom stereocenters. The molecule has 2 aromatic rings. The Labute approximate surface area is 175 Å². The maximum Gasteiger partial charge on any atom is 0.253 e. The van der Waals surface area contributed by atoms with Gasteiger partial charge in [0.2, 0.25) is 0 Å². The Balaban J connectivity index is 1.36. The van der Waals surface area contributed by atoms with Crippen LogP contribution >= 0.6 is 11.3 Å². The number of thiophene rings is 1. The topological polar surface area (TPSA) is 79.9 Å². The van der Waals surface area contributed by atoms with Crippen LogP contribution in [0.2, 0.25) is 0 Å². The molecule has 2 N–H and O–H groups in total. The number of nitrogens with zero attached hydrogens (tertiary/aromatic N) is 1. The fourth-order valence-electron chi connectivity index (χ4n) is 3.32. The van der Waals surface area contributed by atoms with Crippen LogP contribution in [0.25, 0.3) is 0 Å². The number of methoxy groups -OCH3 is 1. The van der Waals surface area contributed by atoms with Gasteiger partial charge in [0.05, 0.1) is 6.61 Å². The minimum Gasteiger partial charge on any atom is -0.489 e. The lowest BCUT2D eigenvalue weighted by Gasteiger charge is -2.25. The third-order valence-electron chi connectivity index (χ3n) is 4.89. The molecule has 0 spiro atoms. The smallest absolute Gasteiger partial charge is 0.253 e. The van der Waals surface area contributed by atoms with Crippen LogP contribution in [0.1, 0.15) is 24.1 Å². The van der Waals surface area contributed by atoms with E-state index >= 15 is 0 Å². The molecule has 2 heterocycles. The highest BCUT2D eigenvalue weighted by molar-refractivity contribution is 7.10. The average Bonchev–Trinajstić information content (AvgIpc) is 3.19. The standard InChI is InChI=1S/C21H29N3O4S/c1-27-12-8-23-19-18(20(25)21(19)26)22-7-3-6-11-28-16-13-17(29-15-16)14-24-9-4-2-5-10-24/h3,6,13,15,22-23H,2,4-5,7-12,14H2,1H3/b6-3-. The molecule has 158 valence electrons. The molecule has 29 heavy (non-hydrogen) atoms. The summed E-state index contributed by atoms with van der Waals surface area (Å²) in [6.45, 7) is 5.27. The molecule has 8 heteroatoms. The van der Waals surface area contributed by atoms with Crippen LogP contribution < -0.4 is 26.2 Å². The first kappa shape index (κ1) is 21.5. The quantitative estimate of drug-likeness (QED) is 0.311. The molecule has 1 aliphatic heterocycles. The van der Waals surface area contributed by atoms with Gasteiger partial charge in [0.15, 0.2) is 0 Å². The van der Waals surface area contributed by atoms with E-state index in [-0.39, 0.29) is 0 Å². The lowest BCUT2D eigenvalue weighted by molar-refractivity contribution is 0.210. The van der Waals surface area contributed by atoms with E-state index in [1.807, 2.05) is 17.5 Å². The molecular weight excluding hydrogens is 390 g/mol. The molecule has 1 aromatic carbocycles. The van der Waals surface area contributed by atoms with Crippen LogP contribution in [0.3, 0.4) is 0 Å². The van der Waals surface area contributed by atoms with Crippen molar-refractivity contribution in [2.24, 2.45) is 0 Å². The molecule has 1 aliphatic rings. The van der Waals surface area contributed by atoms with Crippen molar-refractivity contribution < 1.29 is 9.47 Å². The molecule has 3 rings (SSSR count). The van der Waals surface area contributed by atoms with Gasteiger partial charge in [-0.05, 0) is 38.1 Å². The predicted molar refractivity (Wildman–Crippen MR) is 118 cm³/mol. The van der Waals surface area contributed by atoms with Gasteiger partial charge in [0, 0.05) is 37.0 Å². The Morgan fingerprint density at radius 3 is 2.62 bits per heavy atom. The van der Waals surface area contributed by atoms with Gasteiger partial charge >= 0.3 is 0 Å². The van der Waals surface area contributed by atoms with Gasteiger partial charge in [-0.2, -0.15) is 0 Å². The van der Waals surface area contributed by atoms with Crippen molar-refractivity contribution in [1.29, 1.82) is 0 Å². The van der Waals surface area contributed by atoms with Crippen molar-refractivity contribution in [3.8, 4) is 5.75 Å². The van der Waals surface area contributed by atoms with Gasteiger partial charge in [-0.3, -0.25) is 14.5 Å². The van der Waals surface area contributed by atoms with Crippen molar-refractivity contribution >= 4 is 22.7 Å². The molecule has 7 nitrogen and oxygen atoms in total. The molecule has 0 saturated carbocycles. The summed E-state index contributed by atoms with van der Waals surface area (Å²) in [7, 11) is 1.58. The normalized spacial score (nSPS) is 15.2. The van der Waals surface area contributed by atoms with E-state index in [0.29, 0.717) is 37.7 Å². The number of anilines is 2. The molecule has 0 unspecified atom stereocenters. The van der Waals surface area contributed by atoms with E-state index in [4.69, 9.17) is 9.47 Å². The highest BCUT2D eigenvalue weighted by Gasteiger charge is 2.19. The molecule has 1 aromatic heterocycles. The minimum absolute atomic E-state index is 0.344. The van der Waals surface area contributed by atoms with E-state index in [0.717, 1.165) is 12.3 Å². The highest BCUT2D eigenvalue weighted by atomic mass is 32.1. The van der Waals surface area contributed by atoms with Gasteiger partial charge in [-0.25, -0.2) is 0 Å². The first-order chi connectivity index (χ1) is 14.2.